The topological polar surface area (TPSA) is 85.7 Å². The highest BCUT2D eigenvalue weighted by Gasteiger charge is 2.09. The number of fused-ring (bicyclic) bond motifs is 1. The minimum atomic E-state index is -0.231. The molecule has 0 saturated heterocycles. The Bertz CT molecular complexity index is 1000. The SMILES string of the molecule is COc1cc(C=NNC(C)=O)ccc1OCc1nc2ccccc2nc1C. The van der Waals surface area contributed by atoms with Gasteiger partial charge in [-0.05, 0) is 42.8 Å². The number of benzene rings is 2. The van der Waals surface area contributed by atoms with E-state index in [4.69, 9.17) is 9.47 Å². The molecule has 0 radical (unpaired) electrons. The predicted octanol–water partition coefficient (Wildman–Crippen LogP) is 3.00. The van der Waals surface area contributed by atoms with E-state index in [9.17, 15) is 4.79 Å². The van der Waals surface area contributed by atoms with Crippen molar-refractivity contribution in [3.05, 3.63) is 59.4 Å². The van der Waals surface area contributed by atoms with Crippen LogP contribution in [0.3, 0.4) is 0 Å². The molecular weight excluding hydrogens is 344 g/mol. The van der Waals surface area contributed by atoms with Crippen molar-refractivity contribution in [2.45, 2.75) is 20.5 Å². The number of aromatic nitrogens is 2. The number of aryl methyl sites for hydroxylation is 1. The molecule has 3 aromatic rings. The molecule has 7 heteroatoms. The van der Waals surface area contributed by atoms with E-state index in [1.165, 1.54) is 13.1 Å². The van der Waals surface area contributed by atoms with Gasteiger partial charge in [-0.3, -0.25) is 4.79 Å². The summed E-state index contributed by atoms with van der Waals surface area (Å²) >= 11 is 0. The molecule has 0 spiro atoms. The molecule has 1 heterocycles. The molecular formula is C20H20N4O3. The Morgan fingerprint density at radius 3 is 2.59 bits per heavy atom. The molecule has 0 unspecified atom stereocenters. The summed E-state index contributed by atoms with van der Waals surface area (Å²) in [6.07, 6.45) is 1.53. The minimum absolute atomic E-state index is 0.231. The first kappa shape index (κ1) is 18.3. The second-order valence-corrected chi connectivity index (χ2v) is 5.87. The van der Waals surface area contributed by atoms with Crippen LogP contribution >= 0.6 is 0 Å². The fourth-order valence-corrected chi connectivity index (χ4v) is 2.49. The number of ether oxygens (including phenoxy) is 2. The lowest BCUT2D eigenvalue weighted by atomic mass is 10.2. The van der Waals surface area contributed by atoms with E-state index < -0.39 is 0 Å². The zero-order chi connectivity index (χ0) is 19.2. The number of carbonyl (C=O) groups is 1. The Morgan fingerprint density at radius 2 is 1.89 bits per heavy atom. The summed E-state index contributed by atoms with van der Waals surface area (Å²) in [6.45, 7) is 3.59. The summed E-state index contributed by atoms with van der Waals surface area (Å²) in [5.74, 6) is 0.918. The van der Waals surface area contributed by atoms with Crippen LogP contribution in [0.5, 0.6) is 11.5 Å². The van der Waals surface area contributed by atoms with E-state index in [0.29, 0.717) is 11.5 Å². The lowest BCUT2D eigenvalue weighted by molar-refractivity contribution is -0.118. The van der Waals surface area contributed by atoms with Crippen LogP contribution in [0.25, 0.3) is 11.0 Å². The zero-order valence-corrected chi connectivity index (χ0v) is 15.4. The third kappa shape index (κ3) is 4.58. The number of rotatable bonds is 6. The van der Waals surface area contributed by atoms with Crippen molar-refractivity contribution in [2.24, 2.45) is 5.10 Å². The molecule has 1 amide bonds. The van der Waals surface area contributed by atoms with Crippen molar-refractivity contribution in [1.29, 1.82) is 0 Å². The lowest BCUT2D eigenvalue weighted by Gasteiger charge is -2.12. The molecule has 0 bridgehead atoms. The van der Waals surface area contributed by atoms with Crippen LogP contribution in [-0.2, 0) is 11.4 Å². The maximum Gasteiger partial charge on any atom is 0.236 e. The number of hydrogen-bond donors (Lipinski definition) is 1. The van der Waals surface area contributed by atoms with Gasteiger partial charge in [0.15, 0.2) is 11.5 Å². The fourth-order valence-electron chi connectivity index (χ4n) is 2.49. The molecule has 3 rings (SSSR count). The molecule has 27 heavy (non-hydrogen) atoms. The van der Waals surface area contributed by atoms with Gasteiger partial charge in [-0.2, -0.15) is 5.10 Å². The molecule has 1 N–H and O–H groups in total. The fraction of sp³-hybridized carbons (Fsp3) is 0.200. The van der Waals surface area contributed by atoms with Crippen molar-refractivity contribution in [3.8, 4) is 11.5 Å². The molecule has 0 aliphatic heterocycles. The normalized spacial score (nSPS) is 10.9. The van der Waals surface area contributed by atoms with Gasteiger partial charge < -0.3 is 9.47 Å². The molecule has 1 aromatic heterocycles. The molecule has 0 saturated carbocycles. The number of amides is 1. The van der Waals surface area contributed by atoms with E-state index >= 15 is 0 Å². The summed E-state index contributed by atoms with van der Waals surface area (Å²) in [6, 6.07) is 13.1. The second kappa shape index (κ2) is 8.27. The average molecular weight is 364 g/mol. The first-order valence-electron chi connectivity index (χ1n) is 8.39. The van der Waals surface area contributed by atoms with Crippen LogP contribution in [-0.4, -0.2) is 29.2 Å². The van der Waals surface area contributed by atoms with Crippen LogP contribution in [0.1, 0.15) is 23.9 Å². The monoisotopic (exact) mass is 364 g/mol. The Hall–Kier alpha value is -3.48. The van der Waals surface area contributed by atoms with Gasteiger partial charge in [-0.1, -0.05) is 12.1 Å². The van der Waals surface area contributed by atoms with E-state index in [-0.39, 0.29) is 12.5 Å². The van der Waals surface area contributed by atoms with E-state index in [2.05, 4.69) is 20.5 Å². The van der Waals surface area contributed by atoms with Gasteiger partial charge in [0.25, 0.3) is 0 Å². The summed E-state index contributed by atoms with van der Waals surface area (Å²) < 4.78 is 11.3. The van der Waals surface area contributed by atoms with Crippen LogP contribution in [0.15, 0.2) is 47.6 Å². The predicted molar refractivity (Wildman–Crippen MR) is 103 cm³/mol. The van der Waals surface area contributed by atoms with Crippen molar-refractivity contribution in [2.75, 3.05) is 7.11 Å². The van der Waals surface area contributed by atoms with Crippen LogP contribution in [0.2, 0.25) is 0 Å². The zero-order valence-electron chi connectivity index (χ0n) is 15.4. The van der Waals surface area contributed by atoms with Crippen molar-refractivity contribution >= 4 is 23.2 Å². The van der Waals surface area contributed by atoms with Crippen molar-refractivity contribution in [1.82, 2.24) is 15.4 Å². The third-order valence-electron chi connectivity index (χ3n) is 3.83. The Labute approximate surface area is 157 Å². The molecule has 2 aromatic carbocycles. The van der Waals surface area contributed by atoms with Gasteiger partial charge in [0.05, 0.1) is 35.7 Å². The van der Waals surface area contributed by atoms with E-state index in [1.54, 1.807) is 19.2 Å². The number of hydrogen-bond acceptors (Lipinski definition) is 6. The quantitative estimate of drug-likeness (QED) is 0.537. The smallest absolute Gasteiger partial charge is 0.236 e. The number of para-hydroxylation sites is 2. The summed E-state index contributed by atoms with van der Waals surface area (Å²) in [4.78, 5) is 20.1. The highest BCUT2D eigenvalue weighted by Crippen LogP contribution is 2.28. The maximum atomic E-state index is 10.9. The first-order chi connectivity index (χ1) is 13.1. The van der Waals surface area contributed by atoms with Crippen LogP contribution in [0, 0.1) is 6.92 Å². The lowest BCUT2D eigenvalue weighted by Crippen LogP contribution is -2.12. The van der Waals surface area contributed by atoms with Crippen LogP contribution in [0.4, 0.5) is 0 Å². The van der Waals surface area contributed by atoms with Gasteiger partial charge >= 0.3 is 0 Å². The van der Waals surface area contributed by atoms with E-state index in [0.717, 1.165) is 28.0 Å². The molecule has 7 nitrogen and oxygen atoms in total. The standard InChI is InChI=1S/C20H20N4O3/c1-13-18(23-17-7-5-4-6-16(17)22-13)12-27-19-9-8-15(10-20(19)26-3)11-21-24-14(2)25/h4-11H,12H2,1-3H3,(H,24,25). The molecule has 0 atom stereocenters. The third-order valence-corrected chi connectivity index (χ3v) is 3.83. The van der Waals surface area contributed by atoms with Crippen molar-refractivity contribution < 1.29 is 14.3 Å². The Balaban J connectivity index is 1.76. The number of methoxy groups -OCH3 is 1. The maximum absolute atomic E-state index is 10.9. The largest absolute Gasteiger partial charge is 0.493 e. The number of hydrazone groups is 1. The summed E-state index contributed by atoms with van der Waals surface area (Å²) in [5, 5.41) is 3.84. The van der Waals surface area contributed by atoms with Gasteiger partial charge in [0, 0.05) is 6.92 Å². The second-order valence-electron chi connectivity index (χ2n) is 5.87. The molecule has 0 fully saturated rings. The summed E-state index contributed by atoms with van der Waals surface area (Å²) in [7, 11) is 1.57. The Kier molecular flexibility index (Phi) is 5.61. The van der Waals surface area contributed by atoms with Gasteiger partial charge in [-0.25, -0.2) is 15.4 Å². The highest BCUT2D eigenvalue weighted by molar-refractivity contribution is 5.82. The minimum Gasteiger partial charge on any atom is -0.493 e. The first-order valence-corrected chi connectivity index (χ1v) is 8.39. The van der Waals surface area contributed by atoms with Crippen LogP contribution < -0.4 is 14.9 Å². The van der Waals surface area contributed by atoms with Gasteiger partial charge in [0.2, 0.25) is 5.91 Å². The van der Waals surface area contributed by atoms with E-state index in [1.807, 2.05) is 37.3 Å². The molecule has 0 aliphatic rings. The summed E-state index contributed by atoms with van der Waals surface area (Å²) in [5.41, 5.74) is 6.42. The number of nitrogens with zero attached hydrogens (tertiary/aromatic N) is 3. The van der Waals surface area contributed by atoms with Gasteiger partial charge in [-0.15, -0.1) is 0 Å². The average Bonchev–Trinajstić information content (AvgIpc) is 2.66. The molecule has 0 aliphatic carbocycles. The highest BCUT2D eigenvalue weighted by atomic mass is 16.5. The molecule has 138 valence electrons. The number of nitrogens with one attached hydrogen (secondary N) is 1. The van der Waals surface area contributed by atoms with Crippen molar-refractivity contribution in [3.63, 3.8) is 0 Å². The Morgan fingerprint density at radius 1 is 1.15 bits per heavy atom. The number of carbonyl (C=O) groups excluding carboxylic acids is 1. The van der Waals surface area contributed by atoms with Gasteiger partial charge in [0.1, 0.15) is 6.61 Å².